The lowest BCUT2D eigenvalue weighted by Gasteiger charge is -2.14. The highest BCUT2D eigenvalue weighted by molar-refractivity contribution is 7.89. The molecule has 21 heavy (non-hydrogen) atoms. The summed E-state index contributed by atoms with van der Waals surface area (Å²) in [7, 11) is 0.415. The van der Waals surface area contributed by atoms with Gasteiger partial charge < -0.3 is 4.90 Å². The van der Waals surface area contributed by atoms with Crippen LogP contribution < -0.4 is 4.72 Å². The standard InChI is InChI=1S/C14H20N4O2S/c1-11-14(9-15-17-11)21(19,20)16-8-12-6-4-5-7-13(12)10-18(2)3/h4-7,9,16H,8,10H2,1-3H3,(H,15,17). The molecule has 1 aromatic heterocycles. The average Bonchev–Trinajstić information content (AvgIpc) is 2.84. The van der Waals surface area contributed by atoms with Gasteiger partial charge in [-0.2, -0.15) is 5.10 Å². The zero-order valence-electron chi connectivity index (χ0n) is 12.4. The molecule has 0 aliphatic carbocycles. The molecule has 0 aliphatic heterocycles. The molecular weight excluding hydrogens is 288 g/mol. The SMILES string of the molecule is Cc1[nH]ncc1S(=O)(=O)NCc1ccccc1CN(C)C. The zero-order valence-corrected chi connectivity index (χ0v) is 13.2. The number of hydrogen-bond acceptors (Lipinski definition) is 4. The molecule has 0 unspecified atom stereocenters. The minimum atomic E-state index is -3.55. The second-order valence-electron chi connectivity index (χ2n) is 5.19. The van der Waals surface area contributed by atoms with E-state index in [4.69, 9.17) is 0 Å². The minimum Gasteiger partial charge on any atom is -0.305 e. The first kappa shape index (κ1) is 15.7. The number of aryl methyl sites for hydroxylation is 1. The predicted octanol–water partition coefficient (Wildman–Crippen LogP) is 1.26. The Labute approximate surface area is 125 Å². The summed E-state index contributed by atoms with van der Waals surface area (Å²) in [6.07, 6.45) is 1.32. The fourth-order valence-corrected chi connectivity index (χ4v) is 3.23. The Bertz CT molecular complexity index is 707. The lowest BCUT2D eigenvalue weighted by molar-refractivity contribution is 0.400. The summed E-state index contributed by atoms with van der Waals surface area (Å²) in [6.45, 7) is 2.71. The lowest BCUT2D eigenvalue weighted by Crippen LogP contribution is -2.24. The van der Waals surface area contributed by atoms with Gasteiger partial charge in [0, 0.05) is 13.1 Å². The molecule has 0 atom stereocenters. The van der Waals surface area contributed by atoms with Crippen molar-refractivity contribution < 1.29 is 8.42 Å². The summed E-state index contributed by atoms with van der Waals surface area (Å²) in [6, 6.07) is 7.80. The topological polar surface area (TPSA) is 78.1 Å². The van der Waals surface area contributed by atoms with Crippen LogP contribution in [0.4, 0.5) is 0 Å². The second-order valence-corrected chi connectivity index (χ2v) is 6.93. The molecule has 6 nitrogen and oxygen atoms in total. The van der Waals surface area contributed by atoms with E-state index in [9.17, 15) is 8.42 Å². The van der Waals surface area contributed by atoms with Gasteiger partial charge in [-0.1, -0.05) is 24.3 Å². The van der Waals surface area contributed by atoms with Crippen LogP contribution in [-0.4, -0.2) is 37.6 Å². The van der Waals surface area contributed by atoms with Crippen molar-refractivity contribution in [2.45, 2.75) is 24.9 Å². The summed E-state index contributed by atoms with van der Waals surface area (Å²) in [4.78, 5) is 2.24. The lowest BCUT2D eigenvalue weighted by atomic mass is 10.1. The maximum absolute atomic E-state index is 12.2. The molecule has 0 radical (unpaired) electrons. The van der Waals surface area contributed by atoms with Crippen molar-refractivity contribution in [2.75, 3.05) is 14.1 Å². The molecule has 0 saturated carbocycles. The molecule has 2 rings (SSSR count). The van der Waals surface area contributed by atoms with Gasteiger partial charge in [0.15, 0.2) is 0 Å². The number of sulfonamides is 1. The van der Waals surface area contributed by atoms with Gasteiger partial charge in [-0.3, -0.25) is 5.10 Å². The van der Waals surface area contributed by atoms with E-state index in [1.165, 1.54) is 6.20 Å². The molecule has 0 bridgehead atoms. The van der Waals surface area contributed by atoms with Crippen molar-refractivity contribution in [3.8, 4) is 0 Å². The number of benzene rings is 1. The van der Waals surface area contributed by atoms with Crippen LogP contribution in [0.2, 0.25) is 0 Å². The van der Waals surface area contributed by atoms with E-state index < -0.39 is 10.0 Å². The molecule has 7 heteroatoms. The smallest absolute Gasteiger partial charge is 0.244 e. The summed E-state index contributed by atoms with van der Waals surface area (Å²) in [5.74, 6) is 0. The highest BCUT2D eigenvalue weighted by Gasteiger charge is 2.18. The van der Waals surface area contributed by atoms with Crippen LogP contribution in [0.3, 0.4) is 0 Å². The molecule has 1 aromatic carbocycles. The van der Waals surface area contributed by atoms with Crippen LogP contribution in [0, 0.1) is 6.92 Å². The molecule has 0 amide bonds. The van der Waals surface area contributed by atoms with Gasteiger partial charge in [0.25, 0.3) is 0 Å². The number of aromatic amines is 1. The molecule has 0 saturated heterocycles. The number of H-pyrrole nitrogens is 1. The van der Waals surface area contributed by atoms with Gasteiger partial charge in [0.2, 0.25) is 10.0 Å². The molecule has 0 fully saturated rings. The summed E-state index contributed by atoms with van der Waals surface area (Å²) in [5.41, 5.74) is 2.61. The summed E-state index contributed by atoms with van der Waals surface area (Å²) in [5, 5.41) is 6.38. The van der Waals surface area contributed by atoms with E-state index >= 15 is 0 Å². The van der Waals surface area contributed by atoms with Crippen molar-refractivity contribution in [3.63, 3.8) is 0 Å². The van der Waals surface area contributed by atoms with E-state index in [0.29, 0.717) is 5.69 Å². The Hall–Kier alpha value is -1.70. The number of nitrogens with one attached hydrogen (secondary N) is 2. The molecule has 2 aromatic rings. The van der Waals surface area contributed by atoms with Crippen LogP contribution >= 0.6 is 0 Å². The third-order valence-corrected chi connectivity index (χ3v) is 4.65. The Kier molecular flexibility index (Phi) is 4.76. The van der Waals surface area contributed by atoms with Crippen molar-refractivity contribution in [3.05, 3.63) is 47.3 Å². The van der Waals surface area contributed by atoms with E-state index in [1.807, 2.05) is 43.3 Å². The van der Waals surface area contributed by atoms with Crippen LogP contribution in [0.5, 0.6) is 0 Å². The molecule has 0 aliphatic rings. The van der Waals surface area contributed by atoms with Crippen molar-refractivity contribution >= 4 is 10.0 Å². The normalized spacial score (nSPS) is 12.0. The van der Waals surface area contributed by atoms with Gasteiger partial charge >= 0.3 is 0 Å². The second kappa shape index (κ2) is 6.38. The Balaban J connectivity index is 2.15. The highest BCUT2D eigenvalue weighted by atomic mass is 32.2. The van der Waals surface area contributed by atoms with E-state index in [-0.39, 0.29) is 11.4 Å². The summed E-state index contributed by atoms with van der Waals surface area (Å²) >= 11 is 0. The summed E-state index contributed by atoms with van der Waals surface area (Å²) < 4.78 is 27.1. The third-order valence-electron chi connectivity index (χ3n) is 3.13. The largest absolute Gasteiger partial charge is 0.305 e. The van der Waals surface area contributed by atoms with Gasteiger partial charge in [0.05, 0.1) is 11.9 Å². The predicted molar refractivity (Wildman–Crippen MR) is 81.2 cm³/mol. The third kappa shape index (κ3) is 3.90. The number of aromatic nitrogens is 2. The van der Waals surface area contributed by atoms with Gasteiger partial charge in [0.1, 0.15) is 4.90 Å². The number of rotatable bonds is 6. The maximum atomic E-state index is 12.2. The van der Waals surface area contributed by atoms with Gasteiger partial charge in [-0.25, -0.2) is 13.1 Å². The molecular formula is C14H20N4O2S. The van der Waals surface area contributed by atoms with E-state index in [2.05, 4.69) is 14.9 Å². The molecule has 2 N–H and O–H groups in total. The van der Waals surface area contributed by atoms with Gasteiger partial charge in [-0.15, -0.1) is 0 Å². The van der Waals surface area contributed by atoms with Crippen LogP contribution in [0.1, 0.15) is 16.8 Å². The fraction of sp³-hybridized carbons (Fsp3) is 0.357. The zero-order chi connectivity index (χ0) is 15.5. The number of hydrogen-bond donors (Lipinski definition) is 2. The Morgan fingerprint density at radius 1 is 1.24 bits per heavy atom. The average molecular weight is 308 g/mol. The first-order chi connectivity index (χ1) is 9.90. The number of nitrogens with zero attached hydrogens (tertiary/aromatic N) is 2. The minimum absolute atomic E-state index is 0.188. The first-order valence-corrected chi connectivity index (χ1v) is 8.09. The molecule has 114 valence electrons. The first-order valence-electron chi connectivity index (χ1n) is 6.61. The van der Waals surface area contributed by atoms with E-state index in [0.717, 1.165) is 17.7 Å². The van der Waals surface area contributed by atoms with Crippen LogP contribution in [0.25, 0.3) is 0 Å². The Morgan fingerprint density at radius 2 is 1.90 bits per heavy atom. The fourth-order valence-electron chi connectivity index (χ4n) is 2.09. The molecule has 0 spiro atoms. The highest BCUT2D eigenvalue weighted by Crippen LogP contribution is 2.14. The van der Waals surface area contributed by atoms with Crippen LogP contribution in [-0.2, 0) is 23.1 Å². The Morgan fingerprint density at radius 3 is 2.48 bits per heavy atom. The van der Waals surface area contributed by atoms with Gasteiger partial charge in [-0.05, 0) is 32.1 Å². The van der Waals surface area contributed by atoms with Crippen molar-refractivity contribution in [1.29, 1.82) is 0 Å². The van der Waals surface area contributed by atoms with Crippen molar-refractivity contribution in [1.82, 2.24) is 19.8 Å². The van der Waals surface area contributed by atoms with E-state index in [1.54, 1.807) is 6.92 Å². The van der Waals surface area contributed by atoms with Crippen molar-refractivity contribution in [2.24, 2.45) is 0 Å². The monoisotopic (exact) mass is 308 g/mol. The maximum Gasteiger partial charge on any atom is 0.244 e. The molecule has 1 heterocycles. The quantitative estimate of drug-likeness (QED) is 0.842. The van der Waals surface area contributed by atoms with Crippen LogP contribution in [0.15, 0.2) is 35.4 Å².